The van der Waals surface area contributed by atoms with Crippen molar-refractivity contribution in [1.29, 1.82) is 0 Å². The van der Waals surface area contributed by atoms with E-state index >= 15 is 0 Å². The molecule has 1 aliphatic heterocycles. The maximum atomic E-state index is 11.5. The summed E-state index contributed by atoms with van der Waals surface area (Å²) < 4.78 is 0. The number of nitrogen functional groups attached to an aromatic ring is 1. The Bertz CT molecular complexity index is 511. The highest BCUT2D eigenvalue weighted by Gasteiger charge is 2.17. The number of carbonyl (C=O) groups is 1. The number of aryl methyl sites for hydroxylation is 1. The maximum Gasteiger partial charge on any atom is 0.224 e. The molecule has 0 aromatic heterocycles. The zero-order valence-electron chi connectivity index (χ0n) is 13.3. The highest BCUT2D eigenvalue weighted by atomic mass is 16.1. The van der Waals surface area contributed by atoms with Crippen LogP contribution in [0.25, 0.3) is 0 Å². The van der Waals surface area contributed by atoms with Crippen LogP contribution in [0, 0.1) is 5.92 Å². The van der Waals surface area contributed by atoms with Crippen molar-refractivity contribution in [3.63, 3.8) is 0 Å². The second-order valence-corrected chi connectivity index (χ2v) is 6.51. The van der Waals surface area contributed by atoms with Crippen molar-refractivity contribution in [3.8, 4) is 0 Å². The lowest BCUT2D eigenvalue weighted by atomic mass is 10.0. The minimum absolute atomic E-state index is 0.0863. The molecule has 2 rings (SSSR count). The van der Waals surface area contributed by atoms with Gasteiger partial charge in [0.15, 0.2) is 0 Å². The number of nitrogens with two attached hydrogens (primary N) is 1. The number of fused-ring (bicyclic) bond motifs is 1. The van der Waals surface area contributed by atoms with Crippen LogP contribution in [0.3, 0.4) is 0 Å². The number of rotatable bonds is 6. The van der Waals surface area contributed by atoms with Gasteiger partial charge in [-0.1, -0.05) is 26.7 Å². The second-order valence-electron chi connectivity index (χ2n) is 6.51. The van der Waals surface area contributed by atoms with E-state index < -0.39 is 0 Å². The van der Waals surface area contributed by atoms with Crippen LogP contribution in [0.5, 0.6) is 0 Å². The van der Waals surface area contributed by atoms with Gasteiger partial charge < -0.3 is 16.4 Å². The molecule has 0 saturated heterocycles. The van der Waals surface area contributed by atoms with Gasteiger partial charge in [0.1, 0.15) is 0 Å². The summed E-state index contributed by atoms with van der Waals surface area (Å²) in [5.41, 5.74) is 9.85. The van der Waals surface area contributed by atoms with E-state index in [2.05, 4.69) is 31.4 Å². The first-order valence-electron chi connectivity index (χ1n) is 7.94. The summed E-state index contributed by atoms with van der Waals surface area (Å²) in [5.74, 6) is 0.837. The molecule has 1 aliphatic rings. The summed E-state index contributed by atoms with van der Waals surface area (Å²) >= 11 is 0. The van der Waals surface area contributed by atoms with E-state index in [1.54, 1.807) is 0 Å². The van der Waals surface area contributed by atoms with Gasteiger partial charge in [0.25, 0.3) is 0 Å². The van der Waals surface area contributed by atoms with E-state index in [4.69, 9.17) is 5.73 Å². The summed E-state index contributed by atoms with van der Waals surface area (Å²) in [7, 11) is 0. The summed E-state index contributed by atoms with van der Waals surface area (Å²) in [6.07, 6.45) is 4.91. The van der Waals surface area contributed by atoms with Gasteiger partial charge >= 0.3 is 0 Å². The number of anilines is 3. The van der Waals surface area contributed by atoms with Gasteiger partial charge in [-0.2, -0.15) is 0 Å². The number of hydrogen-bond acceptors (Lipinski definition) is 3. The molecule has 4 N–H and O–H groups in total. The number of nitrogens with one attached hydrogen (secondary N) is 2. The third-order valence-corrected chi connectivity index (χ3v) is 3.99. The molecule has 4 heteroatoms. The van der Waals surface area contributed by atoms with E-state index in [1.807, 2.05) is 12.1 Å². The monoisotopic (exact) mass is 289 g/mol. The number of benzene rings is 1. The van der Waals surface area contributed by atoms with Crippen molar-refractivity contribution in [3.05, 3.63) is 17.7 Å². The molecular weight excluding hydrogens is 262 g/mol. The summed E-state index contributed by atoms with van der Waals surface area (Å²) in [6, 6.07) is 4.34. The zero-order chi connectivity index (χ0) is 15.4. The zero-order valence-corrected chi connectivity index (χ0v) is 13.3. The molecule has 21 heavy (non-hydrogen) atoms. The van der Waals surface area contributed by atoms with Crippen LogP contribution in [-0.4, -0.2) is 11.9 Å². The van der Waals surface area contributed by atoms with Crippen LogP contribution in [0.15, 0.2) is 12.1 Å². The fourth-order valence-electron chi connectivity index (χ4n) is 2.74. The smallest absolute Gasteiger partial charge is 0.224 e. The van der Waals surface area contributed by atoms with Crippen molar-refractivity contribution in [2.24, 2.45) is 5.92 Å². The van der Waals surface area contributed by atoms with E-state index in [9.17, 15) is 4.79 Å². The van der Waals surface area contributed by atoms with Crippen LogP contribution in [0.4, 0.5) is 17.1 Å². The van der Waals surface area contributed by atoms with Gasteiger partial charge in [-0.25, -0.2) is 0 Å². The predicted octanol–water partition coefficient (Wildman–Crippen LogP) is 3.78. The summed E-state index contributed by atoms with van der Waals surface area (Å²) in [4.78, 5) is 11.5. The van der Waals surface area contributed by atoms with Crippen LogP contribution in [-0.2, 0) is 11.2 Å². The van der Waals surface area contributed by atoms with Gasteiger partial charge in [0.05, 0.1) is 11.4 Å². The van der Waals surface area contributed by atoms with Crippen molar-refractivity contribution in [1.82, 2.24) is 0 Å². The Morgan fingerprint density at radius 2 is 2.00 bits per heavy atom. The minimum atomic E-state index is 0.0863. The normalized spacial score (nSPS) is 15.5. The average Bonchev–Trinajstić information content (AvgIpc) is 2.39. The van der Waals surface area contributed by atoms with Gasteiger partial charge in [0, 0.05) is 18.2 Å². The fourth-order valence-corrected chi connectivity index (χ4v) is 2.74. The molecule has 1 heterocycles. The first kappa shape index (κ1) is 15.7. The first-order chi connectivity index (χ1) is 9.95. The molecule has 116 valence electrons. The Balaban J connectivity index is 1.99. The molecule has 0 spiro atoms. The van der Waals surface area contributed by atoms with Crippen LogP contribution < -0.4 is 16.4 Å². The Hall–Kier alpha value is -1.71. The van der Waals surface area contributed by atoms with E-state index in [-0.39, 0.29) is 5.91 Å². The number of amides is 1. The largest absolute Gasteiger partial charge is 0.397 e. The Morgan fingerprint density at radius 3 is 2.71 bits per heavy atom. The Kier molecular flexibility index (Phi) is 5.10. The lowest BCUT2D eigenvalue weighted by Crippen LogP contribution is -2.21. The van der Waals surface area contributed by atoms with Crippen LogP contribution >= 0.6 is 0 Å². The van der Waals surface area contributed by atoms with Crippen molar-refractivity contribution in [2.75, 3.05) is 16.4 Å². The molecular formula is C17H27N3O. The molecule has 0 saturated carbocycles. The van der Waals surface area contributed by atoms with E-state index in [0.29, 0.717) is 12.5 Å². The molecule has 1 aromatic carbocycles. The fraction of sp³-hybridized carbons (Fsp3) is 0.588. The predicted molar refractivity (Wildman–Crippen MR) is 89.6 cm³/mol. The molecule has 4 nitrogen and oxygen atoms in total. The third-order valence-electron chi connectivity index (χ3n) is 3.99. The quantitative estimate of drug-likeness (QED) is 0.698. The molecule has 0 radical (unpaired) electrons. The van der Waals surface area contributed by atoms with Gasteiger partial charge in [-0.15, -0.1) is 0 Å². The summed E-state index contributed by atoms with van der Waals surface area (Å²) in [5, 5.41) is 6.40. The average molecular weight is 289 g/mol. The highest BCUT2D eigenvalue weighted by molar-refractivity contribution is 5.95. The molecule has 1 aromatic rings. The molecule has 1 unspecified atom stereocenters. The first-order valence-corrected chi connectivity index (χ1v) is 7.94. The molecule has 0 bridgehead atoms. The lowest BCUT2D eigenvalue weighted by molar-refractivity contribution is -0.116. The van der Waals surface area contributed by atoms with Gasteiger partial charge in [-0.3, -0.25) is 4.79 Å². The minimum Gasteiger partial charge on any atom is -0.397 e. The van der Waals surface area contributed by atoms with Crippen molar-refractivity contribution in [2.45, 2.75) is 58.9 Å². The van der Waals surface area contributed by atoms with Crippen molar-refractivity contribution >= 4 is 23.0 Å². The van der Waals surface area contributed by atoms with Crippen LogP contribution in [0.2, 0.25) is 0 Å². The van der Waals surface area contributed by atoms with Crippen molar-refractivity contribution < 1.29 is 4.79 Å². The SMILES string of the molecule is CC(C)CCCC(C)Nc1cc2c(cc1N)CCC(=O)N2. The Labute approximate surface area is 127 Å². The standard InChI is InChI=1S/C17H27N3O/c1-11(2)5-4-6-12(3)19-16-10-15-13(9-14(16)18)7-8-17(21)20-15/h9-12,19H,4-8,18H2,1-3H3,(H,20,21). The van der Waals surface area contributed by atoms with Gasteiger partial charge in [-0.05, 0) is 43.4 Å². The number of carbonyl (C=O) groups excluding carboxylic acids is 1. The van der Waals surface area contributed by atoms with Crippen LogP contribution in [0.1, 0.15) is 52.0 Å². The molecule has 1 atom stereocenters. The van der Waals surface area contributed by atoms with E-state index in [1.165, 1.54) is 12.8 Å². The molecule has 0 fully saturated rings. The molecule has 1 amide bonds. The highest BCUT2D eigenvalue weighted by Crippen LogP contribution is 2.31. The maximum absolute atomic E-state index is 11.5. The van der Waals surface area contributed by atoms with E-state index in [0.717, 1.165) is 41.4 Å². The van der Waals surface area contributed by atoms with Gasteiger partial charge in [0.2, 0.25) is 5.91 Å². The number of hydrogen-bond donors (Lipinski definition) is 3. The lowest BCUT2D eigenvalue weighted by Gasteiger charge is -2.22. The molecule has 0 aliphatic carbocycles. The Morgan fingerprint density at radius 1 is 1.24 bits per heavy atom. The summed E-state index contributed by atoms with van der Waals surface area (Å²) in [6.45, 7) is 6.68. The second kappa shape index (κ2) is 6.83. The third kappa shape index (κ3) is 4.38. The topological polar surface area (TPSA) is 67.1 Å².